The van der Waals surface area contributed by atoms with Crippen LogP contribution in [0.1, 0.15) is 5.56 Å². The van der Waals surface area contributed by atoms with E-state index in [9.17, 15) is 18.4 Å². The Balaban J connectivity index is 1.45. The van der Waals surface area contributed by atoms with Gasteiger partial charge in [0.2, 0.25) is 11.8 Å². The lowest BCUT2D eigenvalue weighted by Gasteiger charge is -2.11. The van der Waals surface area contributed by atoms with Gasteiger partial charge in [-0.1, -0.05) is 54.2 Å². The van der Waals surface area contributed by atoms with Crippen LogP contribution in [0.25, 0.3) is 11.0 Å². The molecule has 1 aromatic heterocycles. The Morgan fingerprint density at radius 2 is 1.70 bits per heavy atom. The molecule has 3 aromatic carbocycles. The molecule has 1 heterocycles. The van der Waals surface area contributed by atoms with Gasteiger partial charge >= 0.3 is 0 Å². The largest absolute Gasteiger partial charge is 0.351 e. The van der Waals surface area contributed by atoms with Crippen LogP contribution in [-0.4, -0.2) is 27.1 Å². The molecule has 6 nitrogen and oxygen atoms in total. The molecule has 0 radical (unpaired) electrons. The zero-order valence-corrected chi connectivity index (χ0v) is 18.2. The van der Waals surface area contributed by atoms with Crippen molar-refractivity contribution < 1.29 is 18.4 Å². The Morgan fingerprint density at radius 1 is 0.939 bits per heavy atom. The number of benzene rings is 3. The zero-order valence-electron chi connectivity index (χ0n) is 17.4. The van der Waals surface area contributed by atoms with E-state index in [1.54, 1.807) is 16.7 Å². The van der Waals surface area contributed by atoms with E-state index in [0.29, 0.717) is 22.7 Å². The average Bonchev–Trinajstić information content (AvgIpc) is 3.16. The van der Waals surface area contributed by atoms with Gasteiger partial charge in [0.1, 0.15) is 18.2 Å². The van der Waals surface area contributed by atoms with E-state index in [1.807, 2.05) is 42.5 Å². The van der Waals surface area contributed by atoms with E-state index >= 15 is 0 Å². The number of thioether (sulfide) groups is 1. The summed E-state index contributed by atoms with van der Waals surface area (Å²) in [5, 5.41) is 5.72. The highest BCUT2D eigenvalue weighted by Gasteiger charge is 2.16. The van der Waals surface area contributed by atoms with Gasteiger partial charge in [-0.2, -0.15) is 0 Å². The number of aromatic nitrogens is 2. The van der Waals surface area contributed by atoms with Crippen LogP contribution in [0.3, 0.4) is 0 Å². The first-order valence-electron chi connectivity index (χ1n) is 10.1. The lowest BCUT2D eigenvalue weighted by Crippen LogP contribution is -2.25. The number of carbonyl (C=O) groups is 2. The third-order valence-electron chi connectivity index (χ3n) is 4.79. The van der Waals surface area contributed by atoms with E-state index < -0.39 is 17.5 Å². The maximum atomic E-state index is 13.9. The fraction of sp³-hybridized carbons (Fsp3) is 0.125. The fourth-order valence-electron chi connectivity index (χ4n) is 3.22. The van der Waals surface area contributed by atoms with Gasteiger partial charge in [-0.3, -0.25) is 9.59 Å². The van der Waals surface area contributed by atoms with Crippen LogP contribution < -0.4 is 10.6 Å². The number of rotatable bonds is 8. The number of hydrogen-bond acceptors (Lipinski definition) is 4. The molecule has 168 valence electrons. The third-order valence-corrected chi connectivity index (χ3v) is 5.77. The molecule has 0 aliphatic rings. The zero-order chi connectivity index (χ0) is 23.2. The number of nitrogens with one attached hydrogen (secondary N) is 2. The van der Waals surface area contributed by atoms with Gasteiger partial charge in [0.15, 0.2) is 5.16 Å². The second-order valence-electron chi connectivity index (χ2n) is 7.19. The van der Waals surface area contributed by atoms with E-state index in [-0.39, 0.29) is 23.9 Å². The van der Waals surface area contributed by atoms with Crippen molar-refractivity contribution in [3.63, 3.8) is 0 Å². The van der Waals surface area contributed by atoms with E-state index in [0.717, 1.165) is 23.8 Å². The second kappa shape index (κ2) is 10.3. The van der Waals surface area contributed by atoms with Crippen molar-refractivity contribution in [3.05, 3.63) is 90.0 Å². The van der Waals surface area contributed by atoms with Crippen LogP contribution in [0.5, 0.6) is 0 Å². The highest BCUT2D eigenvalue weighted by Crippen LogP contribution is 2.24. The van der Waals surface area contributed by atoms with Crippen molar-refractivity contribution in [1.29, 1.82) is 0 Å². The van der Waals surface area contributed by atoms with Crippen LogP contribution in [0.2, 0.25) is 0 Å². The molecule has 0 saturated heterocycles. The molecule has 4 rings (SSSR count). The predicted octanol–water partition coefficient (Wildman–Crippen LogP) is 4.36. The molecular weight excluding hydrogens is 446 g/mol. The number of amides is 2. The lowest BCUT2D eigenvalue weighted by molar-refractivity contribution is -0.118. The summed E-state index contributed by atoms with van der Waals surface area (Å²) in [6.45, 7) is 0.239. The summed E-state index contributed by atoms with van der Waals surface area (Å²) < 4.78 is 29.0. The van der Waals surface area contributed by atoms with Crippen LogP contribution in [-0.2, 0) is 22.7 Å². The van der Waals surface area contributed by atoms with Crippen molar-refractivity contribution in [1.82, 2.24) is 14.9 Å². The molecule has 33 heavy (non-hydrogen) atoms. The van der Waals surface area contributed by atoms with Crippen molar-refractivity contribution in [2.75, 3.05) is 11.1 Å². The van der Waals surface area contributed by atoms with Crippen molar-refractivity contribution in [2.24, 2.45) is 0 Å². The second-order valence-corrected chi connectivity index (χ2v) is 8.14. The minimum absolute atomic E-state index is 0.107. The Morgan fingerprint density at radius 3 is 2.52 bits per heavy atom. The van der Waals surface area contributed by atoms with Gasteiger partial charge in [-0.05, 0) is 29.8 Å². The summed E-state index contributed by atoms with van der Waals surface area (Å²) in [5.74, 6) is -2.00. The predicted molar refractivity (Wildman–Crippen MR) is 124 cm³/mol. The molecule has 0 spiro atoms. The molecule has 0 atom stereocenters. The van der Waals surface area contributed by atoms with Crippen LogP contribution >= 0.6 is 11.8 Å². The van der Waals surface area contributed by atoms with Gasteiger partial charge in [0, 0.05) is 12.6 Å². The molecule has 0 aliphatic heterocycles. The number of carbonyl (C=O) groups excluding carboxylic acids is 2. The molecule has 0 saturated carbocycles. The van der Waals surface area contributed by atoms with Gasteiger partial charge in [-0.15, -0.1) is 0 Å². The molecular formula is C24H20F2N4O2S. The molecule has 4 aromatic rings. The topological polar surface area (TPSA) is 76.0 Å². The molecule has 2 amide bonds. The van der Waals surface area contributed by atoms with Gasteiger partial charge in [-0.25, -0.2) is 13.8 Å². The Bertz CT molecular complexity index is 1290. The van der Waals surface area contributed by atoms with Gasteiger partial charge in [0.25, 0.3) is 0 Å². The molecule has 0 unspecified atom stereocenters. The highest BCUT2D eigenvalue weighted by molar-refractivity contribution is 7.99. The summed E-state index contributed by atoms with van der Waals surface area (Å²) in [6.07, 6.45) is 0. The number of imidazole rings is 1. The number of halogens is 2. The summed E-state index contributed by atoms with van der Waals surface area (Å²) in [5.41, 5.74) is 2.11. The van der Waals surface area contributed by atoms with Crippen LogP contribution in [0, 0.1) is 11.6 Å². The van der Waals surface area contributed by atoms with E-state index in [2.05, 4.69) is 15.6 Å². The summed E-state index contributed by atoms with van der Waals surface area (Å²) in [4.78, 5) is 29.4. The number of para-hydroxylation sites is 2. The third kappa shape index (κ3) is 5.75. The number of hydrogen-bond donors (Lipinski definition) is 2. The lowest BCUT2D eigenvalue weighted by atomic mass is 10.2. The molecule has 0 bridgehead atoms. The Labute approximate surface area is 193 Å². The number of fused-ring (bicyclic) bond motifs is 1. The molecule has 0 fully saturated rings. The van der Waals surface area contributed by atoms with Crippen molar-refractivity contribution >= 4 is 40.3 Å². The van der Waals surface area contributed by atoms with E-state index in [4.69, 9.17) is 0 Å². The number of anilines is 1. The SMILES string of the molecule is O=C(CSc1nc2ccccc2n1CC(=O)Nc1cc(F)ccc1F)NCc1ccccc1. The summed E-state index contributed by atoms with van der Waals surface area (Å²) >= 11 is 1.20. The maximum Gasteiger partial charge on any atom is 0.244 e. The quantitative estimate of drug-likeness (QED) is 0.379. The van der Waals surface area contributed by atoms with Crippen molar-refractivity contribution in [3.8, 4) is 0 Å². The Hall–Kier alpha value is -3.72. The average molecular weight is 467 g/mol. The van der Waals surface area contributed by atoms with E-state index in [1.165, 1.54) is 11.8 Å². The first kappa shape index (κ1) is 22.5. The minimum Gasteiger partial charge on any atom is -0.351 e. The normalized spacial score (nSPS) is 10.8. The Kier molecular flexibility index (Phi) is 6.99. The monoisotopic (exact) mass is 466 g/mol. The summed E-state index contributed by atoms with van der Waals surface area (Å²) in [6, 6.07) is 19.6. The first-order valence-corrected chi connectivity index (χ1v) is 11.1. The standard InChI is InChI=1S/C24H20F2N4O2S/c25-17-10-11-18(26)20(12-17)28-22(31)14-30-21-9-5-4-8-19(21)29-24(30)33-15-23(32)27-13-16-6-2-1-3-7-16/h1-12H,13-15H2,(H,27,32)(H,28,31). The van der Waals surface area contributed by atoms with Crippen molar-refractivity contribution in [2.45, 2.75) is 18.2 Å². The van der Waals surface area contributed by atoms with Gasteiger partial charge < -0.3 is 15.2 Å². The summed E-state index contributed by atoms with van der Waals surface area (Å²) in [7, 11) is 0. The smallest absolute Gasteiger partial charge is 0.244 e. The fourth-order valence-corrected chi connectivity index (χ4v) is 4.06. The maximum absolute atomic E-state index is 13.9. The first-order chi connectivity index (χ1) is 16.0. The highest BCUT2D eigenvalue weighted by atomic mass is 32.2. The molecule has 2 N–H and O–H groups in total. The van der Waals surface area contributed by atoms with Gasteiger partial charge in [0.05, 0.1) is 22.5 Å². The minimum atomic E-state index is -0.732. The molecule has 9 heteroatoms. The van der Waals surface area contributed by atoms with Crippen LogP contribution in [0.15, 0.2) is 78.0 Å². The molecule has 0 aliphatic carbocycles. The van der Waals surface area contributed by atoms with Crippen LogP contribution in [0.4, 0.5) is 14.5 Å². The number of nitrogens with zero attached hydrogens (tertiary/aromatic N) is 2.